The van der Waals surface area contributed by atoms with E-state index in [1.807, 2.05) is 24.3 Å². The van der Waals surface area contributed by atoms with Gasteiger partial charge in [0.15, 0.2) is 10.7 Å². The van der Waals surface area contributed by atoms with E-state index in [1.165, 1.54) is 6.07 Å². The zero-order chi connectivity index (χ0) is 21.3. The molecule has 1 amide bonds. The van der Waals surface area contributed by atoms with E-state index in [0.717, 1.165) is 5.56 Å². The molecule has 0 fully saturated rings. The first-order valence-corrected chi connectivity index (χ1v) is 10.9. The van der Waals surface area contributed by atoms with E-state index in [-0.39, 0.29) is 10.7 Å². The van der Waals surface area contributed by atoms with Crippen LogP contribution in [0.2, 0.25) is 5.02 Å². The molecule has 0 saturated heterocycles. The van der Waals surface area contributed by atoms with E-state index >= 15 is 0 Å². The summed E-state index contributed by atoms with van der Waals surface area (Å²) in [4.78, 5) is 16.8. The highest BCUT2D eigenvalue weighted by Gasteiger charge is 2.24. The Labute approximate surface area is 178 Å². The Morgan fingerprint density at radius 1 is 1.03 bits per heavy atom. The molecular formula is C21H17ClN4O3S. The molecule has 4 rings (SSSR count). The maximum Gasteiger partial charge on any atom is 0.286 e. The maximum absolute atomic E-state index is 12.8. The van der Waals surface area contributed by atoms with Crippen LogP contribution in [0.25, 0.3) is 10.9 Å². The minimum atomic E-state index is -4.13. The van der Waals surface area contributed by atoms with Gasteiger partial charge in [-0.2, -0.15) is 13.5 Å². The normalized spacial score (nSPS) is 11.5. The van der Waals surface area contributed by atoms with Crippen molar-refractivity contribution in [2.45, 2.75) is 18.5 Å². The Hall–Kier alpha value is -3.23. The van der Waals surface area contributed by atoms with E-state index in [9.17, 15) is 13.2 Å². The first-order valence-electron chi connectivity index (χ1n) is 9.04. The lowest BCUT2D eigenvalue weighted by molar-refractivity contribution is 0.0977. The zero-order valence-electron chi connectivity index (χ0n) is 15.9. The number of carbonyl (C=O) groups is 1. The maximum atomic E-state index is 12.8. The van der Waals surface area contributed by atoms with Gasteiger partial charge < -0.3 is 0 Å². The molecule has 30 heavy (non-hydrogen) atoms. The molecule has 0 aliphatic rings. The summed E-state index contributed by atoms with van der Waals surface area (Å²) in [6.45, 7) is 2.07. The summed E-state index contributed by atoms with van der Waals surface area (Å²) < 4.78 is 28.9. The highest BCUT2D eigenvalue weighted by atomic mass is 35.5. The second kappa shape index (κ2) is 7.89. The first-order chi connectivity index (χ1) is 14.3. The van der Waals surface area contributed by atoms with E-state index < -0.39 is 15.9 Å². The van der Waals surface area contributed by atoms with Crippen molar-refractivity contribution in [1.82, 2.24) is 19.5 Å². The minimum absolute atomic E-state index is 0.0239. The Kier molecular flexibility index (Phi) is 5.27. The highest BCUT2D eigenvalue weighted by molar-refractivity contribution is 7.90. The summed E-state index contributed by atoms with van der Waals surface area (Å²) in [5.41, 5.74) is 2.21. The number of hydrogen-bond donors (Lipinski definition) is 1. The van der Waals surface area contributed by atoms with Crippen molar-refractivity contribution in [3.63, 3.8) is 0 Å². The topological polar surface area (TPSA) is 94.0 Å². The standard InChI is InChI=1S/C21H17ClN4O3S/c1-14-5-4-8-19(23-14)30(28,29)25-21(27)20-17-6-2-3-7-18(17)26(24-20)13-15-9-11-16(22)12-10-15/h2-12H,13H2,1H3,(H,25,27). The van der Waals surface area contributed by atoms with Gasteiger partial charge in [0, 0.05) is 16.1 Å². The van der Waals surface area contributed by atoms with Gasteiger partial charge in [-0.1, -0.05) is 48.0 Å². The van der Waals surface area contributed by atoms with Crippen molar-refractivity contribution in [3.05, 3.63) is 88.7 Å². The molecule has 0 radical (unpaired) electrons. The van der Waals surface area contributed by atoms with Gasteiger partial charge in [0.2, 0.25) is 0 Å². The van der Waals surface area contributed by atoms with Crippen molar-refractivity contribution in [1.29, 1.82) is 0 Å². The second-order valence-electron chi connectivity index (χ2n) is 6.70. The number of aryl methyl sites for hydroxylation is 1. The lowest BCUT2D eigenvalue weighted by atomic mass is 10.2. The fraction of sp³-hybridized carbons (Fsp3) is 0.0952. The number of halogens is 1. The Morgan fingerprint density at radius 3 is 2.50 bits per heavy atom. The Morgan fingerprint density at radius 2 is 1.77 bits per heavy atom. The van der Waals surface area contributed by atoms with Crippen LogP contribution in [-0.2, 0) is 16.6 Å². The van der Waals surface area contributed by atoms with Crippen LogP contribution in [0.3, 0.4) is 0 Å². The molecule has 9 heteroatoms. The number of pyridine rings is 1. The molecule has 7 nitrogen and oxygen atoms in total. The number of fused-ring (bicyclic) bond motifs is 1. The van der Waals surface area contributed by atoms with Gasteiger partial charge in [0.25, 0.3) is 15.9 Å². The van der Waals surface area contributed by atoms with Crippen LogP contribution in [0.5, 0.6) is 0 Å². The smallest absolute Gasteiger partial charge is 0.266 e. The van der Waals surface area contributed by atoms with Crippen LogP contribution in [0.15, 0.2) is 71.8 Å². The summed E-state index contributed by atoms with van der Waals surface area (Å²) in [5.74, 6) is -0.815. The predicted molar refractivity (Wildman–Crippen MR) is 114 cm³/mol. The molecule has 2 aromatic carbocycles. The predicted octanol–water partition coefficient (Wildman–Crippen LogP) is 3.56. The van der Waals surface area contributed by atoms with Crippen molar-refractivity contribution in [2.24, 2.45) is 0 Å². The fourth-order valence-electron chi connectivity index (χ4n) is 3.07. The monoisotopic (exact) mass is 440 g/mol. The minimum Gasteiger partial charge on any atom is -0.266 e. The van der Waals surface area contributed by atoms with Gasteiger partial charge in [-0.05, 0) is 42.8 Å². The van der Waals surface area contributed by atoms with Crippen molar-refractivity contribution < 1.29 is 13.2 Å². The number of carbonyl (C=O) groups excluding carboxylic acids is 1. The molecule has 0 aliphatic carbocycles. The van der Waals surface area contributed by atoms with Gasteiger partial charge in [0.05, 0.1) is 12.1 Å². The molecule has 152 valence electrons. The van der Waals surface area contributed by atoms with E-state index in [2.05, 4.69) is 14.8 Å². The molecule has 2 aromatic heterocycles. The first kappa shape index (κ1) is 20.1. The van der Waals surface area contributed by atoms with Gasteiger partial charge in [-0.25, -0.2) is 9.71 Å². The van der Waals surface area contributed by atoms with Crippen LogP contribution in [0.4, 0.5) is 0 Å². The summed E-state index contributed by atoms with van der Waals surface area (Å²) in [5, 5.41) is 5.34. The lowest BCUT2D eigenvalue weighted by Gasteiger charge is -2.06. The van der Waals surface area contributed by atoms with Crippen molar-refractivity contribution in [2.75, 3.05) is 0 Å². The largest absolute Gasteiger partial charge is 0.286 e. The van der Waals surface area contributed by atoms with Crippen LogP contribution >= 0.6 is 11.6 Å². The molecule has 0 saturated carbocycles. The number of rotatable bonds is 5. The van der Waals surface area contributed by atoms with Gasteiger partial charge in [-0.15, -0.1) is 0 Å². The van der Waals surface area contributed by atoms with Crippen LogP contribution < -0.4 is 4.72 Å². The number of amides is 1. The number of benzene rings is 2. The van der Waals surface area contributed by atoms with E-state index in [0.29, 0.717) is 28.2 Å². The average molecular weight is 441 g/mol. The van der Waals surface area contributed by atoms with Crippen molar-refractivity contribution >= 4 is 38.4 Å². The average Bonchev–Trinajstić information content (AvgIpc) is 3.08. The SMILES string of the molecule is Cc1cccc(S(=O)(=O)NC(=O)c2nn(Cc3ccc(Cl)cc3)c3ccccc23)n1. The fourth-order valence-corrected chi connectivity index (χ4v) is 4.16. The lowest BCUT2D eigenvalue weighted by Crippen LogP contribution is -2.31. The summed E-state index contributed by atoms with van der Waals surface area (Å²) >= 11 is 5.94. The molecule has 0 unspecified atom stereocenters. The number of para-hydroxylation sites is 1. The molecular weight excluding hydrogens is 424 g/mol. The van der Waals surface area contributed by atoms with Gasteiger partial charge in [0.1, 0.15) is 0 Å². The quantitative estimate of drug-likeness (QED) is 0.512. The van der Waals surface area contributed by atoms with E-state index in [4.69, 9.17) is 11.6 Å². The van der Waals surface area contributed by atoms with Crippen LogP contribution in [0.1, 0.15) is 21.7 Å². The molecule has 4 aromatic rings. The summed E-state index contributed by atoms with van der Waals surface area (Å²) in [6, 6.07) is 19.0. The number of nitrogens with one attached hydrogen (secondary N) is 1. The number of nitrogens with zero attached hydrogens (tertiary/aromatic N) is 3. The van der Waals surface area contributed by atoms with Gasteiger partial charge in [-0.3, -0.25) is 9.48 Å². The van der Waals surface area contributed by atoms with Crippen LogP contribution in [-0.4, -0.2) is 29.1 Å². The third kappa shape index (κ3) is 4.05. The summed E-state index contributed by atoms with van der Waals surface area (Å²) in [6.07, 6.45) is 0. The Bertz CT molecular complexity index is 1350. The number of aromatic nitrogens is 3. The summed E-state index contributed by atoms with van der Waals surface area (Å²) in [7, 11) is -4.13. The van der Waals surface area contributed by atoms with Gasteiger partial charge >= 0.3 is 0 Å². The van der Waals surface area contributed by atoms with E-state index in [1.54, 1.807) is 48.0 Å². The van der Waals surface area contributed by atoms with Crippen LogP contribution in [0, 0.1) is 6.92 Å². The second-order valence-corrected chi connectivity index (χ2v) is 8.77. The van der Waals surface area contributed by atoms with Crippen molar-refractivity contribution in [3.8, 4) is 0 Å². The highest BCUT2D eigenvalue weighted by Crippen LogP contribution is 2.21. The number of sulfonamides is 1. The molecule has 0 spiro atoms. The molecule has 0 bridgehead atoms. The third-order valence-electron chi connectivity index (χ3n) is 4.48. The Balaban J connectivity index is 1.68. The molecule has 0 aliphatic heterocycles. The zero-order valence-corrected chi connectivity index (χ0v) is 17.5. The molecule has 0 atom stereocenters. The molecule has 2 heterocycles. The third-order valence-corrected chi connectivity index (χ3v) is 5.97. The molecule has 1 N–H and O–H groups in total. The number of hydrogen-bond acceptors (Lipinski definition) is 5.